The number of hydrogen-bond donors (Lipinski definition) is 2. The Morgan fingerprint density at radius 3 is 2.94 bits per heavy atom. The lowest BCUT2D eigenvalue weighted by atomic mass is 10.1. The summed E-state index contributed by atoms with van der Waals surface area (Å²) in [5.74, 6) is 0. The fourth-order valence-electron chi connectivity index (χ4n) is 1.45. The van der Waals surface area contributed by atoms with Crippen molar-refractivity contribution in [3.8, 4) is 11.3 Å². The average Bonchev–Trinajstić information content (AvgIpc) is 2.76. The zero-order chi connectivity index (χ0) is 13.0. The highest BCUT2D eigenvalue weighted by molar-refractivity contribution is 7.13. The lowest BCUT2D eigenvalue weighted by Gasteiger charge is -2.03. The molecule has 3 N–H and O–H groups in total. The molecule has 4 nitrogen and oxygen atoms in total. The van der Waals surface area contributed by atoms with Crippen molar-refractivity contribution in [3.05, 3.63) is 29.6 Å². The molecule has 1 aromatic heterocycles. The van der Waals surface area contributed by atoms with Gasteiger partial charge in [-0.15, -0.1) is 11.3 Å². The summed E-state index contributed by atoms with van der Waals surface area (Å²) in [6.45, 7) is 4.07. The highest BCUT2D eigenvalue weighted by Crippen LogP contribution is 2.25. The Labute approximate surface area is 111 Å². The topological polar surface area (TPSA) is 63.3 Å². The molecule has 0 atom stereocenters. The molecule has 0 amide bonds. The lowest BCUT2D eigenvalue weighted by Crippen LogP contribution is -1.98. The molecule has 2 aromatic rings. The van der Waals surface area contributed by atoms with Crippen LogP contribution in [-0.4, -0.2) is 17.4 Å². The van der Waals surface area contributed by atoms with Gasteiger partial charge in [0.05, 0.1) is 12.0 Å². The van der Waals surface area contributed by atoms with E-state index in [-0.39, 0.29) is 0 Å². The summed E-state index contributed by atoms with van der Waals surface area (Å²) in [5, 5.41) is 5.69. The summed E-state index contributed by atoms with van der Waals surface area (Å²) in [7, 11) is 0. The molecular formula is C13H16N4S. The minimum atomic E-state index is 0.291. The van der Waals surface area contributed by atoms with Crippen LogP contribution in [0.5, 0.6) is 0 Å². The molecule has 94 valence electrons. The number of nitrogens with zero attached hydrogens (tertiary/aromatic N) is 2. The van der Waals surface area contributed by atoms with Crippen LogP contribution in [-0.2, 0) is 0 Å². The highest BCUT2D eigenvalue weighted by Gasteiger charge is 2.02. The Balaban J connectivity index is 2.15. The van der Waals surface area contributed by atoms with E-state index >= 15 is 0 Å². The monoisotopic (exact) mass is 260 g/mol. The summed E-state index contributed by atoms with van der Waals surface area (Å²) in [6.07, 6.45) is 1.72. The summed E-state index contributed by atoms with van der Waals surface area (Å²) < 4.78 is 0. The second-order valence-corrected chi connectivity index (χ2v) is 5.06. The van der Waals surface area contributed by atoms with E-state index in [4.69, 9.17) is 5.73 Å². The van der Waals surface area contributed by atoms with Crippen LogP contribution in [0.1, 0.15) is 13.8 Å². The van der Waals surface area contributed by atoms with E-state index in [1.165, 1.54) is 11.3 Å². The Hall–Kier alpha value is -1.88. The molecule has 2 rings (SSSR count). The number of nitrogens with one attached hydrogen (secondary N) is 1. The third kappa shape index (κ3) is 3.30. The van der Waals surface area contributed by atoms with E-state index in [0.717, 1.165) is 16.9 Å². The molecule has 5 heteroatoms. The van der Waals surface area contributed by atoms with Gasteiger partial charge >= 0.3 is 0 Å². The second-order valence-electron chi connectivity index (χ2n) is 4.17. The molecule has 0 fully saturated rings. The fourth-order valence-corrected chi connectivity index (χ4v) is 2.02. The van der Waals surface area contributed by atoms with Crippen LogP contribution in [0.25, 0.3) is 11.3 Å². The molecule has 0 radical (unpaired) electrons. The molecule has 0 aliphatic heterocycles. The van der Waals surface area contributed by atoms with E-state index in [0.29, 0.717) is 11.2 Å². The van der Waals surface area contributed by atoms with E-state index in [9.17, 15) is 0 Å². The van der Waals surface area contributed by atoms with Gasteiger partial charge in [-0.05, 0) is 26.0 Å². The van der Waals surface area contributed by atoms with Crippen molar-refractivity contribution < 1.29 is 0 Å². The van der Waals surface area contributed by atoms with Crippen molar-refractivity contribution in [2.45, 2.75) is 19.9 Å². The van der Waals surface area contributed by atoms with Gasteiger partial charge in [-0.2, -0.15) is 0 Å². The molecule has 0 saturated heterocycles. The molecule has 1 heterocycles. The van der Waals surface area contributed by atoms with Crippen molar-refractivity contribution in [1.29, 1.82) is 0 Å². The highest BCUT2D eigenvalue weighted by atomic mass is 32.1. The van der Waals surface area contributed by atoms with Crippen molar-refractivity contribution in [1.82, 2.24) is 4.98 Å². The van der Waals surface area contributed by atoms with Crippen molar-refractivity contribution in [2.24, 2.45) is 4.99 Å². The van der Waals surface area contributed by atoms with Crippen molar-refractivity contribution >= 4 is 28.5 Å². The van der Waals surface area contributed by atoms with E-state index in [2.05, 4.69) is 15.3 Å². The molecule has 0 spiro atoms. The molecule has 0 aliphatic rings. The van der Waals surface area contributed by atoms with Gasteiger partial charge in [0.25, 0.3) is 0 Å². The molecule has 1 aromatic carbocycles. The Morgan fingerprint density at radius 2 is 2.28 bits per heavy atom. The predicted octanol–water partition coefficient (Wildman–Crippen LogP) is 3.24. The first kappa shape index (κ1) is 12.6. The number of rotatable bonds is 4. The summed E-state index contributed by atoms with van der Waals surface area (Å²) in [5.41, 5.74) is 8.58. The minimum absolute atomic E-state index is 0.291. The van der Waals surface area contributed by atoms with Crippen LogP contribution >= 0.6 is 11.3 Å². The van der Waals surface area contributed by atoms with Gasteiger partial charge in [0.1, 0.15) is 0 Å². The first-order valence-corrected chi connectivity index (χ1v) is 6.63. The largest absolute Gasteiger partial charge is 0.375 e. The van der Waals surface area contributed by atoms with Gasteiger partial charge in [-0.3, -0.25) is 4.99 Å². The molecule has 0 unspecified atom stereocenters. The van der Waals surface area contributed by atoms with Crippen LogP contribution < -0.4 is 11.1 Å². The molecule has 0 bridgehead atoms. The SMILES string of the molecule is CC(C)N=CNc1cccc(-c2csc(N)n2)c1. The molecule has 18 heavy (non-hydrogen) atoms. The maximum atomic E-state index is 5.64. The van der Waals surface area contributed by atoms with Gasteiger partial charge in [-0.1, -0.05) is 12.1 Å². The smallest absolute Gasteiger partial charge is 0.180 e. The Morgan fingerprint density at radius 1 is 1.44 bits per heavy atom. The quantitative estimate of drug-likeness (QED) is 0.655. The second kappa shape index (κ2) is 5.64. The Kier molecular flexibility index (Phi) is 3.94. The van der Waals surface area contributed by atoms with Crippen molar-refractivity contribution in [3.63, 3.8) is 0 Å². The number of benzene rings is 1. The third-order valence-corrected chi connectivity index (χ3v) is 2.96. The first-order chi connectivity index (χ1) is 8.65. The van der Waals surface area contributed by atoms with Gasteiger partial charge < -0.3 is 11.1 Å². The van der Waals surface area contributed by atoms with Crippen LogP contribution in [0.15, 0.2) is 34.6 Å². The first-order valence-electron chi connectivity index (χ1n) is 5.75. The van der Waals surface area contributed by atoms with Crippen LogP contribution in [0.4, 0.5) is 10.8 Å². The molecular weight excluding hydrogens is 244 g/mol. The number of thiazole rings is 1. The lowest BCUT2D eigenvalue weighted by molar-refractivity contribution is 0.840. The van der Waals surface area contributed by atoms with Crippen LogP contribution in [0.3, 0.4) is 0 Å². The van der Waals surface area contributed by atoms with Gasteiger partial charge in [-0.25, -0.2) is 4.98 Å². The minimum Gasteiger partial charge on any atom is -0.375 e. The van der Waals surface area contributed by atoms with E-state index < -0.39 is 0 Å². The average molecular weight is 260 g/mol. The normalized spacial score (nSPS) is 11.3. The summed E-state index contributed by atoms with van der Waals surface area (Å²) >= 11 is 1.45. The maximum absolute atomic E-state index is 5.64. The maximum Gasteiger partial charge on any atom is 0.180 e. The zero-order valence-electron chi connectivity index (χ0n) is 10.4. The predicted molar refractivity (Wildman–Crippen MR) is 79.2 cm³/mol. The summed E-state index contributed by atoms with van der Waals surface area (Å²) in [6, 6.07) is 8.31. The zero-order valence-corrected chi connectivity index (χ0v) is 11.2. The van der Waals surface area contributed by atoms with Crippen LogP contribution in [0, 0.1) is 0 Å². The third-order valence-electron chi connectivity index (χ3n) is 2.28. The standard InChI is InChI=1S/C13H16N4S/c1-9(2)15-8-16-11-5-3-4-10(6-11)12-7-18-13(14)17-12/h3-9H,1-2H3,(H2,14,17)(H,15,16). The number of nitrogen functional groups attached to an aromatic ring is 1. The number of nitrogens with two attached hydrogens (primary N) is 1. The number of hydrogen-bond acceptors (Lipinski definition) is 4. The van der Waals surface area contributed by atoms with Gasteiger partial charge in [0.2, 0.25) is 0 Å². The number of aliphatic imine (C=N–C) groups is 1. The Bertz CT molecular complexity index is 545. The van der Waals surface area contributed by atoms with Gasteiger partial charge in [0, 0.05) is 22.7 Å². The number of aromatic nitrogens is 1. The van der Waals surface area contributed by atoms with E-state index in [1.54, 1.807) is 6.34 Å². The van der Waals surface area contributed by atoms with Crippen LogP contribution in [0.2, 0.25) is 0 Å². The van der Waals surface area contributed by atoms with Crippen molar-refractivity contribution in [2.75, 3.05) is 11.1 Å². The molecule has 0 saturated carbocycles. The fraction of sp³-hybridized carbons (Fsp3) is 0.231. The van der Waals surface area contributed by atoms with E-state index in [1.807, 2.05) is 43.5 Å². The summed E-state index contributed by atoms with van der Waals surface area (Å²) in [4.78, 5) is 8.52. The number of anilines is 2. The van der Waals surface area contributed by atoms with Gasteiger partial charge in [0.15, 0.2) is 5.13 Å². The molecule has 0 aliphatic carbocycles.